The molecule has 0 bridgehead atoms. The monoisotopic (exact) mass is 247 g/mol. The number of aliphatic hydroxyl groups excluding tert-OH is 2. The van der Waals surface area contributed by atoms with Crippen LogP contribution in [-0.2, 0) is 0 Å². The van der Waals surface area contributed by atoms with Crippen molar-refractivity contribution < 1.29 is 10.2 Å². The molecule has 0 aliphatic heterocycles. The first kappa shape index (κ1) is 10.5. The SMILES string of the molecule is NCC(O)C(O)c1ncc(Br)cn1. The van der Waals surface area contributed by atoms with Crippen LogP contribution in [0.1, 0.15) is 11.9 Å². The summed E-state index contributed by atoms with van der Waals surface area (Å²) in [6, 6.07) is 0. The standard InChI is InChI=1S/C7H10BrN3O2/c8-4-2-10-7(11-3-4)6(13)5(12)1-9/h2-3,5-6,12-13H,1,9H2. The molecule has 0 aliphatic carbocycles. The Labute approximate surface area is 83.8 Å². The van der Waals surface area contributed by atoms with Gasteiger partial charge in [-0.15, -0.1) is 0 Å². The zero-order valence-electron chi connectivity index (χ0n) is 6.76. The van der Waals surface area contributed by atoms with Gasteiger partial charge in [-0.25, -0.2) is 9.97 Å². The van der Waals surface area contributed by atoms with Crippen molar-refractivity contribution in [1.82, 2.24) is 9.97 Å². The van der Waals surface area contributed by atoms with Crippen molar-refractivity contribution in [1.29, 1.82) is 0 Å². The highest BCUT2D eigenvalue weighted by Crippen LogP contribution is 2.13. The maximum absolute atomic E-state index is 9.41. The van der Waals surface area contributed by atoms with Crippen LogP contribution in [0.2, 0.25) is 0 Å². The fourth-order valence-corrected chi connectivity index (χ4v) is 0.981. The summed E-state index contributed by atoms with van der Waals surface area (Å²) in [6.07, 6.45) is 0.836. The van der Waals surface area contributed by atoms with Crippen molar-refractivity contribution in [2.75, 3.05) is 6.54 Å². The minimum atomic E-state index is -1.13. The van der Waals surface area contributed by atoms with Crippen molar-refractivity contribution in [3.05, 3.63) is 22.7 Å². The Morgan fingerprint density at radius 3 is 2.38 bits per heavy atom. The third-order valence-electron chi connectivity index (χ3n) is 1.51. The molecule has 6 heteroatoms. The predicted molar refractivity (Wildman–Crippen MR) is 49.8 cm³/mol. The van der Waals surface area contributed by atoms with Crippen LogP contribution in [0, 0.1) is 0 Å². The van der Waals surface area contributed by atoms with Crippen LogP contribution < -0.4 is 5.73 Å². The van der Waals surface area contributed by atoms with E-state index in [4.69, 9.17) is 5.73 Å². The summed E-state index contributed by atoms with van der Waals surface area (Å²) in [5.41, 5.74) is 5.17. The molecule has 1 rings (SSSR count). The number of rotatable bonds is 3. The normalized spacial score (nSPS) is 15.4. The highest BCUT2D eigenvalue weighted by Gasteiger charge is 2.18. The number of hydrogen-bond donors (Lipinski definition) is 3. The van der Waals surface area contributed by atoms with E-state index in [9.17, 15) is 10.2 Å². The number of aromatic nitrogens is 2. The molecule has 2 atom stereocenters. The molecule has 0 saturated heterocycles. The second kappa shape index (κ2) is 4.61. The summed E-state index contributed by atoms with van der Waals surface area (Å²) in [5.74, 6) is 0.168. The number of aliphatic hydroxyl groups is 2. The van der Waals surface area contributed by atoms with Gasteiger partial charge < -0.3 is 15.9 Å². The van der Waals surface area contributed by atoms with E-state index < -0.39 is 12.2 Å². The van der Waals surface area contributed by atoms with Gasteiger partial charge in [0.15, 0.2) is 5.82 Å². The van der Waals surface area contributed by atoms with Gasteiger partial charge >= 0.3 is 0 Å². The molecule has 1 aromatic rings. The molecule has 0 amide bonds. The second-order valence-corrected chi connectivity index (χ2v) is 3.42. The molecule has 0 radical (unpaired) electrons. The molecular weight excluding hydrogens is 238 g/mol. The molecule has 0 aliphatic rings. The molecule has 0 saturated carbocycles. The zero-order valence-corrected chi connectivity index (χ0v) is 8.35. The van der Waals surface area contributed by atoms with Crippen molar-refractivity contribution in [3.8, 4) is 0 Å². The predicted octanol–water partition coefficient (Wildman–Crippen LogP) is -0.408. The van der Waals surface area contributed by atoms with Crippen LogP contribution in [0.3, 0.4) is 0 Å². The lowest BCUT2D eigenvalue weighted by Crippen LogP contribution is -2.28. The Morgan fingerprint density at radius 1 is 1.38 bits per heavy atom. The van der Waals surface area contributed by atoms with Crippen LogP contribution in [0.25, 0.3) is 0 Å². The molecule has 5 nitrogen and oxygen atoms in total. The molecule has 0 aromatic carbocycles. The first-order chi connectivity index (χ1) is 6.15. The molecule has 4 N–H and O–H groups in total. The lowest BCUT2D eigenvalue weighted by atomic mass is 10.2. The average Bonchev–Trinajstić information content (AvgIpc) is 2.17. The van der Waals surface area contributed by atoms with E-state index in [0.717, 1.165) is 0 Å². The lowest BCUT2D eigenvalue weighted by Gasteiger charge is -2.13. The van der Waals surface area contributed by atoms with Crippen molar-refractivity contribution in [3.63, 3.8) is 0 Å². The van der Waals surface area contributed by atoms with Crippen molar-refractivity contribution in [2.24, 2.45) is 5.73 Å². The van der Waals surface area contributed by atoms with Gasteiger partial charge in [0, 0.05) is 18.9 Å². The Morgan fingerprint density at radius 2 is 1.92 bits per heavy atom. The number of nitrogens with two attached hydrogens (primary N) is 1. The van der Waals surface area contributed by atoms with Gasteiger partial charge in [0.1, 0.15) is 6.10 Å². The van der Waals surface area contributed by atoms with Crippen molar-refractivity contribution in [2.45, 2.75) is 12.2 Å². The molecule has 1 heterocycles. The summed E-state index contributed by atoms with van der Waals surface area (Å²) in [6.45, 7) is -0.0272. The summed E-state index contributed by atoms with van der Waals surface area (Å²) in [4.78, 5) is 7.65. The van der Waals surface area contributed by atoms with Crippen molar-refractivity contribution >= 4 is 15.9 Å². The average molecular weight is 248 g/mol. The number of nitrogens with zero attached hydrogens (tertiary/aromatic N) is 2. The molecular formula is C7H10BrN3O2. The highest BCUT2D eigenvalue weighted by atomic mass is 79.9. The lowest BCUT2D eigenvalue weighted by molar-refractivity contribution is 0.0188. The number of halogens is 1. The van der Waals surface area contributed by atoms with Crippen LogP contribution in [0.15, 0.2) is 16.9 Å². The number of hydrogen-bond acceptors (Lipinski definition) is 5. The second-order valence-electron chi connectivity index (χ2n) is 2.51. The van der Waals surface area contributed by atoms with E-state index in [2.05, 4.69) is 25.9 Å². The largest absolute Gasteiger partial charge is 0.389 e. The van der Waals surface area contributed by atoms with Gasteiger partial charge in [0.25, 0.3) is 0 Å². The third kappa shape index (κ3) is 2.70. The Hall–Kier alpha value is -0.560. The van der Waals surface area contributed by atoms with Gasteiger partial charge in [-0.3, -0.25) is 0 Å². The van der Waals surface area contributed by atoms with Gasteiger partial charge in [-0.05, 0) is 15.9 Å². The van der Waals surface area contributed by atoms with Gasteiger partial charge in [-0.1, -0.05) is 0 Å². The van der Waals surface area contributed by atoms with Gasteiger partial charge in [0.2, 0.25) is 0 Å². The molecule has 2 unspecified atom stereocenters. The van der Waals surface area contributed by atoms with Crippen LogP contribution in [0.4, 0.5) is 0 Å². The molecule has 13 heavy (non-hydrogen) atoms. The van der Waals surface area contributed by atoms with E-state index in [-0.39, 0.29) is 12.4 Å². The molecule has 0 spiro atoms. The van der Waals surface area contributed by atoms with Gasteiger partial charge in [-0.2, -0.15) is 0 Å². The highest BCUT2D eigenvalue weighted by molar-refractivity contribution is 9.10. The maximum atomic E-state index is 9.41. The first-order valence-electron chi connectivity index (χ1n) is 3.68. The quantitative estimate of drug-likeness (QED) is 0.676. The Balaban J connectivity index is 2.77. The fraction of sp³-hybridized carbons (Fsp3) is 0.429. The minimum Gasteiger partial charge on any atom is -0.389 e. The molecule has 72 valence electrons. The summed E-state index contributed by atoms with van der Waals surface area (Å²) in [7, 11) is 0. The Bertz CT molecular complexity index is 267. The van der Waals surface area contributed by atoms with E-state index in [1.807, 2.05) is 0 Å². The zero-order chi connectivity index (χ0) is 9.84. The summed E-state index contributed by atoms with van der Waals surface area (Å²) in [5, 5.41) is 18.6. The summed E-state index contributed by atoms with van der Waals surface area (Å²) >= 11 is 3.15. The summed E-state index contributed by atoms with van der Waals surface area (Å²) < 4.78 is 0.714. The topological polar surface area (TPSA) is 92.3 Å². The van der Waals surface area contributed by atoms with Gasteiger partial charge in [0.05, 0.1) is 10.6 Å². The molecule has 1 aromatic heterocycles. The molecule has 0 fully saturated rings. The fourth-order valence-electron chi connectivity index (χ4n) is 0.776. The Kier molecular flexibility index (Phi) is 3.73. The van der Waals surface area contributed by atoms with Crippen LogP contribution in [0.5, 0.6) is 0 Å². The van der Waals surface area contributed by atoms with E-state index in [1.54, 1.807) is 0 Å². The first-order valence-corrected chi connectivity index (χ1v) is 4.48. The van der Waals surface area contributed by atoms with E-state index in [1.165, 1.54) is 12.4 Å². The third-order valence-corrected chi connectivity index (χ3v) is 1.92. The van der Waals surface area contributed by atoms with Crippen LogP contribution >= 0.6 is 15.9 Å². The van der Waals surface area contributed by atoms with E-state index in [0.29, 0.717) is 4.47 Å². The van der Waals surface area contributed by atoms with Crippen LogP contribution in [-0.4, -0.2) is 32.8 Å². The smallest absolute Gasteiger partial charge is 0.159 e. The van der Waals surface area contributed by atoms with E-state index >= 15 is 0 Å². The maximum Gasteiger partial charge on any atom is 0.159 e. The minimum absolute atomic E-state index is 0.0272.